The molecule has 6 heteroatoms. The number of carboxylic acid groups (broad SMARTS) is 1. The van der Waals surface area contributed by atoms with Gasteiger partial charge in [-0.15, -0.1) is 0 Å². The van der Waals surface area contributed by atoms with Crippen molar-refractivity contribution in [3.8, 4) is 0 Å². The predicted molar refractivity (Wildman–Crippen MR) is 65.8 cm³/mol. The Balaban J connectivity index is 2.51. The first-order chi connectivity index (χ1) is 8.65. The monoisotopic (exact) mass is 247 g/mol. The van der Waals surface area contributed by atoms with E-state index in [0.717, 1.165) is 11.1 Å². The summed E-state index contributed by atoms with van der Waals surface area (Å²) in [5, 5.41) is 16.0. The van der Waals surface area contributed by atoms with E-state index in [0.29, 0.717) is 17.4 Å². The van der Waals surface area contributed by atoms with E-state index in [-0.39, 0.29) is 5.69 Å². The van der Waals surface area contributed by atoms with Crippen LogP contribution in [0.1, 0.15) is 23.8 Å². The summed E-state index contributed by atoms with van der Waals surface area (Å²) in [6, 6.07) is 6.33. The molecule has 1 aromatic carbocycles. The van der Waals surface area contributed by atoms with Gasteiger partial charge < -0.3 is 10.4 Å². The van der Waals surface area contributed by atoms with Gasteiger partial charge in [0, 0.05) is 11.9 Å². The lowest BCUT2D eigenvalue weighted by Crippen LogP contribution is -2.30. The van der Waals surface area contributed by atoms with Crippen molar-refractivity contribution in [3.63, 3.8) is 0 Å². The number of aromatic carboxylic acids is 1. The van der Waals surface area contributed by atoms with E-state index in [4.69, 9.17) is 5.11 Å². The predicted octanol–water partition coefficient (Wildman–Crippen LogP) is 1.70. The highest BCUT2D eigenvalue weighted by Gasteiger charge is 2.18. The molecule has 1 amide bonds. The Morgan fingerprint density at radius 1 is 1.39 bits per heavy atom. The first kappa shape index (κ1) is 12.1. The molecule has 2 N–H and O–H groups in total. The van der Waals surface area contributed by atoms with Gasteiger partial charge in [-0.1, -0.05) is 25.1 Å². The molecule has 0 aliphatic rings. The fourth-order valence-electron chi connectivity index (χ4n) is 1.69. The van der Waals surface area contributed by atoms with Crippen molar-refractivity contribution in [3.05, 3.63) is 30.0 Å². The Labute approximate surface area is 103 Å². The highest BCUT2D eigenvalue weighted by molar-refractivity contribution is 6.03. The second kappa shape index (κ2) is 4.87. The van der Waals surface area contributed by atoms with Crippen LogP contribution in [0.2, 0.25) is 0 Å². The second-order valence-corrected chi connectivity index (χ2v) is 3.81. The number of aromatic nitrogens is 2. The zero-order valence-electron chi connectivity index (χ0n) is 9.88. The molecule has 6 nitrogen and oxygen atoms in total. The molecule has 1 heterocycles. The number of carboxylic acids is 1. The van der Waals surface area contributed by atoms with Gasteiger partial charge in [0.2, 0.25) is 0 Å². The summed E-state index contributed by atoms with van der Waals surface area (Å²) in [5.41, 5.74) is 0.376. The summed E-state index contributed by atoms with van der Waals surface area (Å²) in [4.78, 5) is 22.9. The molecule has 0 aliphatic carbocycles. The Kier molecular flexibility index (Phi) is 3.27. The molecule has 2 aromatic rings. The fourth-order valence-corrected chi connectivity index (χ4v) is 1.69. The zero-order chi connectivity index (χ0) is 13.1. The normalized spacial score (nSPS) is 10.5. The van der Waals surface area contributed by atoms with E-state index in [2.05, 4.69) is 10.4 Å². The van der Waals surface area contributed by atoms with E-state index >= 15 is 0 Å². The van der Waals surface area contributed by atoms with Crippen molar-refractivity contribution in [2.45, 2.75) is 13.3 Å². The number of rotatable bonds is 3. The van der Waals surface area contributed by atoms with Gasteiger partial charge in [0.15, 0.2) is 5.69 Å². The Bertz CT molecular complexity index is 604. The Morgan fingerprint density at radius 3 is 2.78 bits per heavy atom. The first-order valence-corrected chi connectivity index (χ1v) is 5.64. The molecule has 0 unspecified atom stereocenters. The number of nitrogens with one attached hydrogen (secondary N) is 1. The van der Waals surface area contributed by atoms with Crippen LogP contribution in [0.3, 0.4) is 0 Å². The molecule has 2 rings (SSSR count). The number of carbonyl (C=O) groups is 2. The van der Waals surface area contributed by atoms with E-state index < -0.39 is 12.0 Å². The molecule has 0 spiro atoms. The maximum absolute atomic E-state index is 11.8. The molecule has 94 valence electrons. The number of benzene rings is 1. The van der Waals surface area contributed by atoms with Crippen molar-refractivity contribution < 1.29 is 14.7 Å². The fraction of sp³-hybridized carbons (Fsp3) is 0.250. The summed E-state index contributed by atoms with van der Waals surface area (Å²) in [6.45, 7) is 2.46. The summed E-state index contributed by atoms with van der Waals surface area (Å²) in [7, 11) is 0. The van der Waals surface area contributed by atoms with Gasteiger partial charge >= 0.3 is 12.0 Å². The van der Waals surface area contributed by atoms with Gasteiger partial charge in [-0.3, -0.25) is 0 Å². The topological polar surface area (TPSA) is 84.2 Å². The largest absolute Gasteiger partial charge is 0.476 e. The van der Waals surface area contributed by atoms with Crippen LogP contribution in [-0.4, -0.2) is 33.4 Å². The zero-order valence-corrected chi connectivity index (χ0v) is 9.88. The van der Waals surface area contributed by atoms with Crippen LogP contribution in [0.25, 0.3) is 10.9 Å². The molecule has 0 atom stereocenters. The number of fused-ring (bicyclic) bond motifs is 1. The SMILES string of the molecule is CCCNC(=O)n1nc(C(=O)O)c2ccccc21. The average molecular weight is 247 g/mol. The molecule has 0 saturated carbocycles. The van der Waals surface area contributed by atoms with Gasteiger partial charge in [0.1, 0.15) is 0 Å². The van der Waals surface area contributed by atoms with Crippen LogP contribution in [0.15, 0.2) is 24.3 Å². The molecular weight excluding hydrogens is 234 g/mol. The highest BCUT2D eigenvalue weighted by Crippen LogP contribution is 2.18. The molecule has 0 aliphatic heterocycles. The van der Waals surface area contributed by atoms with Gasteiger partial charge in [0.05, 0.1) is 5.52 Å². The lowest BCUT2D eigenvalue weighted by Gasteiger charge is -2.03. The minimum atomic E-state index is -1.15. The summed E-state index contributed by atoms with van der Waals surface area (Å²) >= 11 is 0. The quantitative estimate of drug-likeness (QED) is 0.864. The van der Waals surface area contributed by atoms with Crippen molar-refractivity contribution >= 4 is 22.9 Å². The van der Waals surface area contributed by atoms with E-state index in [1.807, 2.05) is 6.92 Å². The summed E-state index contributed by atoms with van der Waals surface area (Å²) in [6.07, 6.45) is 0.802. The number of nitrogens with zero attached hydrogens (tertiary/aromatic N) is 2. The molecule has 0 bridgehead atoms. The van der Waals surface area contributed by atoms with E-state index in [1.54, 1.807) is 24.3 Å². The second-order valence-electron chi connectivity index (χ2n) is 3.81. The summed E-state index contributed by atoms with van der Waals surface area (Å²) in [5.74, 6) is -1.15. The highest BCUT2D eigenvalue weighted by atomic mass is 16.4. The van der Waals surface area contributed by atoms with Gasteiger partial charge in [0.25, 0.3) is 0 Å². The first-order valence-electron chi connectivity index (χ1n) is 5.64. The van der Waals surface area contributed by atoms with E-state index in [1.165, 1.54) is 0 Å². The third-order valence-electron chi connectivity index (χ3n) is 2.51. The van der Waals surface area contributed by atoms with Crippen LogP contribution < -0.4 is 5.32 Å². The minimum absolute atomic E-state index is 0.114. The standard InChI is InChI=1S/C12H13N3O3/c1-2-7-13-12(18)15-9-6-4-3-5-8(9)10(14-15)11(16)17/h3-6H,2,7H2,1H3,(H,13,18)(H,16,17). The number of amides is 1. The summed E-state index contributed by atoms with van der Waals surface area (Å²) < 4.78 is 1.09. The number of hydrogen-bond acceptors (Lipinski definition) is 3. The molecular formula is C12H13N3O3. The average Bonchev–Trinajstić information content (AvgIpc) is 2.75. The molecule has 0 saturated heterocycles. The third kappa shape index (κ3) is 2.04. The molecule has 18 heavy (non-hydrogen) atoms. The van der Waals surface area contributed by atoms with Crippen LogP contribution >= 0.6 is 0 Å². The van der Waals surface area contributed by atoms with Gasteiger partial charge in [-0.25, -0.2) is 9.59 Å². The van der Waals surface area contributed by atoms with Crippen LogP contribution in [0.5, 0.6) is 0 Å². The smallest absolute Gasteiger partial charge is 0.357 e. The Hall–Kier alpha value is -2.37. The van der Waals surface area contributed by atoms with Gasteiger partial charge in [-0.05, 0) is 12.5 Å². The number of para-hydroxylation sites is 1. The van der Waals surface area contributed by atoms with Crippen molar-refractivity contribution in [1.82, 2.24) is 15.1 Å². The van der Waals surface area contributed by atoms with Crippen LogP contribution in [0.4, 0.5) is 4.79 Å². The lowest BCUT2D eigenvalue weighted by molar-refractivity contribution is 0.0692. The van der Waals surface area contributed by atoms with Crippen LogP contribution in [0, 0.1) is 0 Å². The maximum Gasteiger partial charge on any atom is 0.357 e. The van der Waals surface area contributed by atoms with Gasteiger partial charge in [-0.2, -0.15) is 9.78 Å². The minimum Gasteiger partial charge on any atom is -0.476 e. The van der Waals surface area contributed by atoms with Crippen molar-refractivity contribution in [2.75, 3.05) is 6.54 Å². The van der Waals surface area contributed by atoms with Crippen LogP contribution in [-0.2, 0) is 0 Å². The number of hydrogen-bond donors (Lipinski definition) is 2. The number of carbonyl (C=O) groups excluding carboxylic acids is 1. The Morgan fingerprint density at radius 2 is 2.11 bits per heavy atom. The van der Waals surface area contributed by atoms with Crippen molar-refractivity contribution in [2.24, 2.45) is 0 Å². The molecule has 0 radical (unpaired) electrons. The third-order valence-corrected chi connectivity index (χ3v) is 2.51. The van der Waals surface area contributed by atoms with Crippen molar-refractivity contribution in [1.29, 1.82) is 0 Å². The van der Waals surface area contributed by atoms with E-state index in [9.17, 15) is 9.59 Å². The molecule has 1 aromatic heterocycles. The maximum atomic E-state index is 11.8. The molecule has 0 fully saturated rings. The lowest BCUT2D eigenvalue weighted by atomic mass is 10.2.